The molecule has 0 unspecified atom stereocenters. The van der Waals surface area contributed by atoms with E-state index in [1.54, 1.807) is 0 Å². The molecule has 0 saturated carbocycles. The SMILES string of the molecule is OC[C@@H](O)[C@@H](O)[C@H](O)[C@H](O)CO.OC[C@@H](O)[C@@H](O)[C@H](O)[C@H](O)CO.OC[C@@H](O)[C@@H](O)[C@H](O)[C@H](O)CO.OC[C@@H](O)[C@@H](O)[C@H](O)[C@H](O)CO.[Ar].[Ar]. The first kappa shape index (κ1) is 63.5. The number of hydrogen-bond donors (Lipinski definition) is 24. The van der Waals surface area contributed by atoms with Crippen LogP contribution in [0.25, 0.3) is 0 Å². The minimum Gasteiger partial charge on any atom is -0.394 e. The summed E-state index contributed by atoms with van der Waals surface area (Å²) in [5, 5.41) is 209. The Balaban J connectivity index is -0.000000127. The number of hydrogen-bond acceptors (Lipinski definition) is 24. The van der Waals surface area contributed by atoms with Crippen LogP contribution in [0, 0.1) is 75.5 Å². The standard InChI is InChI=1S/4C6H14O6.2Ar/c4*7-1-3(9)5(11)6(12)4(10)2-8;;/h4*3-12H,1-2H2;;/t4*3-,4-,5-,6-;;/m1111../s1. The summed E-state index contributed by atoms with van der Waals surface area (Å²) >= 11 is 0. The Hall–Kier alpha value is 1.56. The summed E-state index contributed by atoms with van der Waals surface area (Å²) in [5.74, 6) is 0. The largest absolute Gasteiger partial charge is 0.394 e. The van der Waals surface area contributed by atoms with E-state index in [-0.39, 0.29) is 75.5 Å². The Labute approximate surface area is 345 Å². The molecule has 0 aliphatic rings. The van der Waals surface area contributed by atoms with Crippen molar-refractivity contribution in [2.75, 3.05) is 52.9 Å². The molecule has 0 heterocycles. The minimum absolute atomic E-state index is 0. The molecule has 312 valence electrons. The van der Waals surface area contributed by atoms with Gasteiger partial charge >= 0.3 is 0 Å². The van der Waals surface area contributed by atoms with Crippen LogP contribution in [-0.2, 0) is 0 Å². The molecule has 0 bridgehead atoms. The van der Waals surface area contributed by atoms with Gasteiger partial charge in [0.2, 0.25) is 0 Å². The maximum Gasteiger partial charge on any atom is 0.111 e. The molecule has 0 fully saturated rings. The second kappa shape index (κ2) is 37.5. The summed E-state index contributed by atoms with van der Waals surface area (Å²) in [6, 6.07) is 0. The summed E-state index contributed by atoms with van der Waals surface area (Å²) in [5.41, 5.74) is 0. The molecule has 24 nitrogen and oxygen atoms in total. The van der Waals surface area contributed by atoms with E-state index in [1.165, 1.54) is 0 Å². The van der Waals surface area contributed by atoms with Crippen LogP contribution in [0.4, 0.5) is 0 Å². The molecule has 0 aliphatic carbocycles. The Morgan fingerprint density at radius 1 is 0.180 bits per heavy atom. The molecule has 50 heavy (non-hydrogen) atoms. The Kier molecular flexibility index (Phi) is 47.6. The Morgan fingerprint density at radius 2 is 0.240 bits per heavy atom. The third-order valence-electron chi connectivity index (χ3n) is 6.05. The molecule has 0 radical (unpaired) electrons. The molecule has 0 amide bonds. The first-order chi connectivity index (χ1) is 22.2. The van der Waals surface area contributed by atoms with E-state index in [0.29, 0.717) is 0 Å². The second-order valence-electron chi connectivity index (χ2n) is 9.92. The maximum atomic E-state index is 8.96. The zero-order valence-corrected chi connectivity index (χ0v) is 27.7. The first-order valence-electron chi connectivity index (χ1n) is 13.9. The van der Waals surface area contributed by atoms with Gasteiger partial charge < -0.3 is 123 Å². The van der Waals surface area contributed by atoms with E-state index >= 15 is 0 Å². The molecular weight excluding hydrogens is 752 g/mol. The Bertz CT molecular complexity index is 543. The molecule has 26 heteroatoms. The van der Waals surface area contributed by atoms with Crippen molar-refractivity contribution in [1.29, 1.82) is 0 Å². The number of aliphatic hydroxyl groups excluding tert-OH is 24. The third kappa shape index (κ3) is 27.2. The van der Waals surface area contributed by atoms with Crippen LogP contribution >= 0.6 is 0 Å². The van der Waals surface area contributed by atoms with Gasteiger partial charge in [-0.2, -0.15) is 0 Å². The van der Waals surface area contributed by atoms with E-state index in [1.807, 2.05) is 0 Å². The summed E-state index contributed by atoms with van der Waals surface area (Å²) in [4.78, 5) is 0. The maximum absolute atomic E-state index is 8.96. The van der Waals surface area contributed by atoms with Crippen molar-refractivity contribution >= 4 is 0 Å². The van der Waals surface area contributed by atoms with Crippen molar-refractivity contribution in [3.8, 4) is 0 Å². The van der Waals surface area contributed by atoms with Crippen molar-refractivity contribution in [3.63, 3.8) is 0 Å². The number of rotatable bonds is 20. The van der Waals surface area contributed by atoms with Gasteiger partial charge in [0.1, 0.15) is 97.7 Å². The fourth-order valence-corrected chi connectivity index (χ4v) is 2.68. The van der Waals surface area contributed by atoms with Gasteiger partial charge in [-0.15, -0.1) is 0 Å². The average molecular weight is 809 g/mol. The van der Waals surface area contributed by atoms with Crippen LogP contribution in [0.3, 0.4) is 0 Å². The van der Waals surface area contributed by atoms with Gasteiger partial charge in [-0.05, 0) is 0 Å². The summed E-state index contributed by atoms with van der Waals surface area (Å²) in [6.07, 6.45) is -25.6. The van der Waals surface area contributed by atoms with E-state index in [2.05, 4.69) is 0 Å². The van der Waals surface area contributed by atoms with Crippen LogP contribution in [0.15, 0.2) is 0 Å². The zero-order valence-electron chi connectivity index (χ0n) is 26.3. The van der Waals surface area contributed by atoms with Crippen LogP contribution in [0.2, 0.25) is 0 Å². The fraction of sp³-hybridized carbons (Fsp3) is 1.00. The van der Waals surface area contributed by atoms with Gasteiger partial charge in [-0.1, -0.05) is 0 Å². The molecular formula is C24H56Ar2O24. The minimum atomic E-state index is -1.67. The van der Waals surface area contributed by atoms with Gasteiger partial charge in [-0.25, -0.2) is 0 Å². The predicted molar refractivity (Wildman–Crippen MR) is 153 cm³/mol. The van der Waals surface area contributed by atoms with Gasteiger partial charge in [-0.3, -0.25) is 0 Å². The smallest absolute Gasteiger partial charge is 0.111 e. The van der Waals surface area contributed by atoms with E-state index in [4.69, 9.17) is 123 Å². The van der Waals surface area contributed by atoms with E-state index in [0.717, 1.165) is 0 Å². The van der Waals surface area contributed by atoms with Crippen molar-refractivity contribution in [1.82, 2.24) is 0 Å². The average Bonchev–Trinajstić information content (AvgIpc) is 3.12. The van der Waals surface area contributed by atoms with Crippen LogP contribution in [0.1, 0.15) is 0 Å². The van der Waals surface area contributed by atoms with Crippen molar-refractivity contribution in [2.24, 2.45) is 0 Å². The van der Waals surface area contributed by atoms with Crippen molar-refractivity contribution in [2.45, 2.75) is 97.7 Å². The quantitative estimate of drug-likeness (QED) is 0.0543. The van der Waals surface area contributed by atoms with Gasteiger partial charge in [0.05, 0.1) is 52.9 Å². The molecule has 0 rings (SSSR count). The van der Waals surface area contributed by atoms with Crippen LogP contribution in [-0.4, -0.2) is 273 Å². The molecule has 0 aromatic rings. The summed E-state index contributed by atoms with van der Waals surface area (Å²) in [6.45, 7) is -5.81. The summed E-state index contributed by atoms with van der Waals surface area (Å²) < 4.78 is 0. The van der Waals surface area contributed by atoms with E-state index in [9.17, 15) is 0 Å². The van der Waals surface area contributed by atoms with Gasteiger partial charge in [0, 0.05) is 75.5 Å². The predicted octanol–water partition coefficient (Wildman–Crippen LogP) is -14.3. The molecule has 24 N–H and O–H groups in total. The molecule has 0 aromatic carbocycles. The fourth-order valence-electron chi connectivity index (χ4n) is 2.68. The molecule has 0 saturated heterocycles. The number of aliphatic hydroxyl groups is 24. The monoisotopic (exact) mass is 808 g/mol. The molecule has 16 atom stereocenters. The summed E-state index contributed by atoms with van der Waals surface area (Å²) in [7, 11) is 0. The van der Waals surface area contributed by atoms with Crippen LogP contribution in [0.5, 0.6) is 0 Å². The third-order valence-corrected chi connectivity index (χ3v) is 6.05. The van der Waals surface area contributed by atoms with E-state index < -0.39 is 151 Å². The Morgan fingerprint density at radius 3 is 0.280 bits per heavy atom. The van der Waals surface area contributed by atoms with Crippen molar-refractivity contribution < 1.29 is 198 Å². The topological polar surface area (TPSA) is 486 Å². The second-order valence-corrected chi connectivity index (χ2v) is 9.92. The van der Waals surface area contributed by atoms with Gasteiger partial charge in [0.25, 0.3) is 0 Å². The van der Waals surface area contributed by atoms with Crippen LogP contribution < -0.4 is 0 Å². The van der Waals surface area contributed by atoms with Gasteiger partial charge in [0.15, 0.2) is 0 Å². The van der Waals surface area contributed by atoms with Crippen molar-refractivity contribution in [3.05, 3.63) is 0 Å². The normalized spacial score (nSPS) is 20.6. The molecule has 0 aliphatic heterocycles. The first-order valence-corrected chi connectivity index (χ1v) is 13.9. The molecule has 0 spiro atoms. The zero-order chi connectivity index (χ0) is 38.9. The molecule has 0 aromatic heterocycles.